The first-order valence-corrected chi connectivity index (χ1v) is 6.38. The van der Waals surface area contributed by atoms with E-state index in [-0.39, 0.29) is 6.61 Å². The summed E-state index contributed by atoms with van der Waals surface area (Å²) >= 11 is 3.41. The maximum atomic E-state index is 9.12. The van der Waals surface area contributed by atoms with Crippen molar-refractivity contribution in [2.24, 2.45) is 0 Å². The summed E-state index contributed by atoms with van der Waals surface area (Å²) in [6.07, 6.45) is 0. The van der Waals surface area contributed by atoms with Crippen LogP contribution in [0.1, 0.15) is 11.6 Å². The number of nitrogens with one attached hydrogen (secondary N) is 1. The summed E-state index contributed by atoms with van der Waals surface area (Å²) in [6, 6.07) is 5.28. The van der Waals surface area contributed by atoms with Gasteiger partial charge in [-0.15, -0.1) is 0 Å². The molecule has 0 saturated carbocycles. The van der Waals surface area contributed by atoms with Crippen LogP contribution in [0.25, 0.3) is 0 Å². The molecule has 1 atom stereocenters. The number of nitrogens with zero attached hydrogens (tertiary/aromatic N) is 1. The number of ether oxygens (including phenoxy) is 2. The Bertz CT molecular complexity index is 473. The van der Waals surface area contributed by atoms with Gasteiger partial charge in [0.2, 0.25) is 0 Å². The van der Waals surface area contributed by atoms with E-state index < -0.39 is 6.04 Å². The zero-order chi connectivity index (χ0) is 13.0. The van der Waals surface area contributed by atoms with Gasteiger partial charge < -0.3 is 14.6 Å². The van der Waals surface area contributed by atoms with E-state index in [9.17, 15) is 0 Å². The molecule has 1 aliphatic rings. The summed E-state index contributed by atoms with van der Waals surface area (Å²) in [5, 5.41) is 20.8. The van der Waals surface area contributed by atoms with Gasteiger partial charge in [0.05, 0.1) is 17.1 Å². The molecule has 96 valence electrons. The molecule has 0 spiro atoms. The van der Waals surface area contributed by atoms with Crippen molar-refractivity contribution in [2.75, 3.05) is 26.4 Å². The zero-order valence-corrected chi connectivity index (χ0v) is 11.2. The molecule has 5 nitrogen and oxygen atoms in total. The first kappa shape index (κ1) is 13.1. The van der Waals surface area contributed by atoms with Gasteiger partial charge in [-0.1, -0.05) is 0 Å². The maximum Gasteiger partial charge on any atom is 0.175 e. The Balaban J connectivity index is 2.28. The summed E-state index contributed by atoms with van der Waals surface area (Å²) < 4.78 is 11.8. The van der Waals surface area contributed by atoms with Crippen LogP contribution in [0.3, 0.4) is 0 Å². The predicted octanol–water partition coefficient (Wildman–Crippen LogP) is 1.37. The number of hydrogen-bond donors (Lipinski definition) is 2. The second kappa shape index (κ2) is 6.05. The Kier molecular flexibility index (Phi) is 4.42. The minimum atomic E-state index is -0.482. The molecule has 0 aromatic heterocycles. The largest absolute Gasteiger partial charge is 0.486 e. The third-order valence-corrected chi connectivity index (χ3v) is 3.13. The molecule has 18 heavy (non-hydrogen) atoms. The minimum absolute atomic E-state index is 0.0100. The van der Waals surface area contributed by atoms with Crippen LogP contribution in [0.2, 0.25) is 0 Å². The summed E-state index contributed by atoms with van der Waals surface area (Å²) in [4.78, 5) is 0. The molecule has 1 unspecified atom stereocenters. The lowest BCUT2D eigenvalue weighted by molar-refractivity contribution is 0.170. The molecular formula is C12H13BrN2O3. The number of halogens is 1. The van der Waals surface area contributed by atoms with E-state index in [1.165, 1.54) is 0 Å². The van der Waals surface area contributed by atoms with Gasteiger partial charge in [0.25, 0.3) is 0 Å². The summed E-state index contributed by atoms with van der Waals surface area (Å²) in [5.74, 6) is 1.31. The van der Waals surface area contributed by atoms with Gasteiger partial charge in [0.1, 0.15) is 19.3 Å². The number of hydrogen-bond acceptors (Lipinski definition) is 5. The first-order valence-electron chi connectivity index (χ1n) is 5.59. The van der Waals surface area contributed by atoms with Crippen molar-refractivity contribution in [1.82, 2.24) is 5.32 Å². The molecule has 1 heterocycles. The van der Waals surface area contributed by atoms with Crippen molar-refractivity contribution < 1.29 is 14.6 Å². The summed E-state index contributed by atoms with van der Waals surface area (Å²) in [5.41, 5.74) is 0.780. The topological polar surface area (TPSA) is 74.5 Å². The molecule has 0 fully saturated rings. The van der Waals surface area contributed by atoms with E-state index >= 15 is 0 Å². The van der Waals surface area contributed by atoms with Crippen molar-refractivity contribution in [3.8, 4) is 17.6 Å². The molecule has 1 aromatic carbocycles. The van der Waals surface area contributed by atoms with Crippen LogP contribution in [0.5, 0.6) is 11.5 Å². The van der Waals surface area contributed by atoms with Crippen LogP contribution >= 0.6 is 15.9 Å². The molecule has 0 bridgehead atoms. The Morgan fingerprint density at radius 1 is 1.44 bits per heavy atom. The van der Waals surface area contributed by atoms with Crippen molar-refractivity contribution >= 4 is 15.9 Å². The van der Waals surface area contributed by atoms with E-state index in [0.717, 1.165) is 10.0 Å². The highest BCUT2D eigenvalue weighted by Gasteiger charge is 2.19. The van der Waals surface area contributed by atoms with Crippen molar-refractivity contribution in [3.63, 3.8) is 0 Å². The lowest BCUT2D eigenvalue weighted by Gasteiger charge is -2.21. The molecule has 0 aliphatic carbocycles. The van der Waals surface area contributed by atoms with Gasteiger partial charge in [0, 0.05) is 6.54 Å². The molecular weight excluding hydrogens is 300 g/mol. The van der Waals surface area contributed by atoms with Crippen LogP contribution in [0.4, 0.5) is 0 Å². The molecule has 1 aromatic rings. The van der Waals surface area contributed by atoms with E-state index in [2.05, 4.69) is 27.3 Å². The SMILES string of the molecule is N#CC(NCCO)c1cc(Br)c2c(c1)OCCO2. The molecule has 2 N–H and O–H groups in total. The van der Waals surface area contributed by atoms with Crippen LogP contribution in [-0.2, 0) is 0 Å². The van der Waals surface area contributed by atoms with E-state index in [1.807, 2.05) is 6.07 Å². The first-order chi connectivity index (χ1) is 8.76. The smallest absolute Gasteiger partial charge is 0.175 e. The number of fused-ring (bicyclic) bond motifs is 1. The molecule has 0 radical (unpaired) electrons. The Morgan fingerprint density at radius 2 is 2.22 bits per heavy atom. The summed E-state index contributed by atoms with van der Waals surface area (Å²) in [7, 11) is 0. The maximum absolute atomic E-state index is 9.12. The molecule has 0 amide bonds. The second-order valence-corrected chi connectivity index (χ2v) is 4.62. The number of aliphatic hydroxyl groups is 1. The molecule has 1 aliphatic heterocycles. The fraction of sp³-hybridized carbons (Fsp3) is 0.417. The van der Waals surface area contributed by atoms with Gasteiger partial charge in [-0.25, -0.2) is 0 Å². The quantitative estimate of drug-likeness (QED) is 0.878. The third-order valence-electron chi connectivity index (χ3n) is 2.54. The van der Waals surface area contributed by atoms with Crippen LogP contribution in [-0.4, -0.2) is 31.5 Å². The molecule has 6 heteroatoms. The van der Waals surface area contributed by atoms with Gasteiger partial charge in [-0.3, -0.25) is 5.32 Å². The fourth-order valence-electron chi connectivity index (χ4n) is 1.74. The van der Waals surface area contributed by atoms with Crippen LogP contribution in [0, 0.1) is 11.3 Å². The van der Waals surface area contributed by atoms with Crippen molar-refractivity contribution in [1.29, 1.82) is 5.26 Å². The molecule has 2 rings (SSSR count). The van der Waals surface area contributed by atoms with Crippen LogP contribution < -0.4 is 14.8 Å². The Hall–Kier alpha value is -1.29. The van der Waals surface area contributed by atoms with E-state index in [1.54, 1.807) is 6.07 Å². The van der Waals surface area contributed by atoms with Gasteiger partial charge >= 0.3 is 0 Å². The van der Waals surface area contributed by atoms with E-state index in [4.69, 9.17) is 19.8 Å². The second-order valence-electron chi connectivity index (χ2n) is 3.77. The lowest BCUT2D eigenvalue weighted by atomic mass is 10.1. The zero-order valence-electron chi connectivity index (χ0n) is 9.65. The number of nitriles is 1. The highest BCUT2D eigenvalue weighted by molar-refractivity contribution is 9.10. The Morgan fingerprint density at radius 3 is 2.94 bits per heavy atom. The van der Waals surface area contributed by atoms with Gasteiger partial charge in [0.15, 0.2) is 11.5 Å². The summed E-state index contributed by atoms with van der Waals surface area (Å²) in [6.45, 7) is 1.38. The Labute approximate surface area is 113 Å². The average Bonchev–Trinajstić information content (AvgIpc) is 2.40. The predicted molar refractivity (Wildman–Crippen MR) is 68.6 cm³/mol. The highest BCUT2D eigenvalue weighted by Crippen LogP contribution is 2.39. The van der Waals surface area contributed by atoms with Crippen LogP contribution in [0.15, 0.2) is 16.6 Å². The standard InChI is InChI=1S/C12H13BrN2O3/c13-9-5-8(10(7-14)15-1-2-16)6-11-12(9)18-4-3-17-11/h5-6,10,15-16H,1-4H2. The normalized spacial score (nSPS) is 14.9. The minimum Gasteiger partial charge on any atom is -0.486 e. The van der Waals surface area contributed by atoms with Crippen molar-refractivity contribution in [3.05, 3.63) is 22.2 Å². The highest BCUT2D eigenvalue weighted by atomic mass is 79.9. The number of aliphatic hydroxyl groups excluding tert-OH is 1. The average molecular weight is 313 g/mol. The fourth-order valence-corrected chi connectivity index (χ4v) is 2.32. The monoisotopic (exact) mass is 312 g/mol. The van der Waals surface area contributed by atoms with E-state index in [0.29, 0.717) is 31.3 Å². The molecule has 0 saturated heterocycles. The van der Waals surface area contributed by atoms with Gasteiger partial charge in [-0.2, -0.15) is 5.26 Å². The number of benzene rings is 1. The third kappa shape index (κ3) is 2.75. The van der Waals surface area contributed by atoms with Crippen molar-refractivity contribution in [2.45, 2.75) is 6.04 Å². The van der Waals surface area contributed by atoms with Gasteiger partial charge in [-0.05, 0) is 33.6 Å². The number of rotatable bonds is 4. The lowest BCUT2D eigenvalue weighted by Crippen LogP contribution is -2.24.